The van der Waals surface area contributed by atoms with Crippen LogP contribution >= 0.6 is 11.8 Å². The summed E-state index contributed by atoms with van der Waals surface area (Å²) in [7, 11) is 1.79. The number of rotatable bonds is 6. The lowest BCUT2D eigenvalue weighted by Gasteiger charge is -2.22. The van der Waals surface area contributed by atoms with Crippen LogP contribution in [0.15, 0.2) is 29.4 Å². The molecule has 1 saturated carbocycles. The normalized spacial score (nSPS) is 15.6. The van der Waals surface area contributed by atoms with Gasteiger partial charge in [0.15, 0.2) is 16.8 Å². The first-order valence-electron chi connectivity index (χ1n) is 8.44. The van der Waals surface area contributed by atoms with Crippen LogP contribution in [-0.2, 0) is 13.7 Å². The summed E-state index contributed by atoms with van der Waals surface area (Å²) in [6, 6.07) is 8.12. The minimum absolute atomic E-state index is 0.0868. The van der Waals surface area contributed by atoms with Gasteiger partial charge in [0.25, 0.3) is 0 Å². The van der Waals surface area contributed by atoms with Gasteiger partial charge in [-0.3, -0.25) is 4.79 Å². The van der Waals surface area contributed by atoms with E-state index in [0.29, 0.717) is 22.7 Å². The molecule has 1 fully saturated rings. The molecule has 1 aromatic heterocycles. The molecule has 3 rings (SSSR count). The van der Waals surface area contributed by atoms with Crippen LogP contribution in [0.3, 0.4) is 0 Å². The monoisotopic (exact) mass is 345 g/mol. The van der Waals surface area contributed by atoms with Gasteiger partial charge in [0.2, 0.25) is 0 Å². The molecule has 1 heterocycles. The number of carbonyl (C=O) groups excluding carboxylic acids is 1. The number of thioether (sulfide) groups is 1. The maximum absolute atomic E-state index is 12.4. The standard InChI is InChI=1S/C18H23N3O2S/c1-21-17(11-22)19-20-18(21)24-12-16(23)15-9-7-14(8-10-15)13-5-3-2-4-6-13/h7-10,13,22H,2-6,11-12H2,1H3. The van der Waals surface area contributed by atoms with Crippen molar-refractivity contribution in [3.8, 4) is 0 Å². The molecule has 1 aliphatic carbocycles. The lowest BCUT2D eigenvalue weighted by Crippen LogP contribution is -2.07. The Balaban J connectivity index is 1.59. The van der Waals surface area contributed by atoms with Crippen LogP contribution in [0.4, 0.5) is 0 Å². The second-order valence-electron chi connectivity index (χ2n) is 6.28. The first-order chi connectivity index (χ1) is 11.7. The predicted molar refractivity (Wildman–Crippen MR) is 94.2 cm³/mol. The molecule has 1 N–H and O–H groups in total. The Morgan fingerprint density at radius 2 is 1.92 bits per heavy atom. The van der Waals surface area contributed by atoms with E-state index in [-0.39, 0.29) is 12.4 Å². The molecule has 0 spiro atoms. The third-order valence-corrected chi connectivity index (χ3v) is 5.73. The molecule has 0 radical (unpaired) electrons. The zero-order valence-corrected chi connectivity index (χ0v) is 14.8. The van der Waals surface area contributed by atoms with E-state index in [2.05, 4.69) is 22.3 Å². The maximum atomic E-state index is 12.4. The Morgan fingerprint density at radius 3 is 2.54 bits per heavy atom. The van der Waals surface area contributed by atoms with Crippen LogP contribution < -0.4 is 0 Å². The molecule has 1 aromatic carbocycles. The van der Waals surface area contributed by atoms with E-state index < -0.39 is 0 Å². The largest absolute Gasteiger partial charge is 0.388 e. The second kappa shape index (κ2) is 7.94. The van der Waals surface area contributed by atoms with Crippen molar-refractivity contribution in [3.05, 3.63) is 41.2 Å². The van der Waals surface area contributed by atoms with Crippen LogP contribution in [0.25, 0.3) is 0 Å². The van der Waals surface area contributed by atoms with Crippen molar-refractivity contribution in [1.29, 1.82) is 0 Å². The Bertz CT molecular complexity index is 691. The zero-order valence-electron chi connectivity index (χ0n) is 13.9. The Hall–Kier alpha value is -1.66. The summed E-state index contributed by atoms with van der Waals surface area (Å²) in [6.45, 7) is -0.152. The molecule has 128 valence electrons. The summed E-state index contributed by atoms with van der Waals surface area (Å²) in [4.78, 5) is 12.4. The molecule has 1 aliphatic rings. The van der Waals surface area contributed by atoms with Gasteiger partial charge < -0.3 is 9.67 Å². The van der Waals surface area contributed by atoms with E-state index in [1.54, 1.807) is 11.6 Å². The fourth-order valence-corrected chi connectivity index (χ4v) is 4.02. The quantitative estimate of drug-likeness (QED) is 0.642. The highest BCUT2D eigenvalue weighted by Gasteiger charge is 2.16. The zero-order chi connectivity index (χ0) is 16.9. The van der Waals surface area contributed by atoms with Crippen molar-refractivity contribution in [2.45, 2.75) is 49.8 Å². The molecule has 0 atom stereocenters. The van der Waals surface area contributed by atoms with Gasteiger partial charge in [-0.1, -0.05) is 55.3 Å². The molecule has 6 heteroatoms. The summed E-state index contributed by atoms with van der Waals surface area (Å²) in [5, 5.41) is 17.6. The van der Waals surface area contributed by atoms with Crippen LogP contribution in [0.1, 0.15) is 59.8 Å². The van der Waals surface area contributed by atoms with E-state index >= 15 is 0 Å². The summed E-state index contributed by atoms with van der Waals surface area (Å²) >= 11 is 1.35. The number of carbonyl (C=O) groups is 1. The van der Waals surface area contributed by atoms with Crippen LogP contribution in [0.2, 0.25) is 0 Å². The predicted octanol–water partition coefficient (Wildman–Crippen LogP) is 3.33. The maximum Gasteiger partial charge on any atom is 0.191 e. The van der Waals surface area contributed by atoms with Gasteiger partial charge >= 0.3 is 0 Å². The van der Waals surface area contributed by atoms with Crippen molar-refractivity contribution in [3.63, 3.8) is 0 Å². The Morgan fingerprint density at radius 1 is 1.21 bits per heavy atom. The molecule has 0 unspecified atom stereocenters. The molecule has 5 nitrogen and oxygen atoms in total. The van der Waals surface area contributed by atoms with E-state index in [4.69, 9.17) is 5.11 Å². The van der Waals surface area contributed by atoms with E-state index in [9.17, 15) is 4.79 Å². The lowest BCUT2D eigenvalue weighted by atomic mass is 9.84. The van der Waals surface area contributed by atoms with Crippen molar-refractivity contribution < 1.29 is 9.90 Å². The highest BCUT2D eigenvalue weighted by molar-refractivity contribution is 7.99. The average molecular weight is 345 g/mol. The first kappa shape index (κ1) is 17.2. The minimum atomic E-state index is -0.152. The number of Topliss-reactive ketones (excluding diaryl/α,β-unsaturated/α-hetero) is 1. The molecule has 2 aromatic rings. The number of ketones is 1. The molecular formula is C18H23N3O2S. The smallest absolute Gasteiger partial charge is 0.191 e. The van der Waals surface area contributed by atoms with Gasteiger partial charge in [-0.05, 0) is 24.3 Å². The highest BCUT2D eigenvalue weighted by Crippen LogP contribution is 2.32. The third-order valence-electron chi connectivity index (χ3n) is 4.71. The van der Waals surface area contributed by atoms with Crippen molar-refractivity contribution >= 4 is 17.5 Å². The topological polar surface area (TPSA) is 68.0 Å². The van der Waals surface area contributed by atoms with Crippen molar-refractivity contribution in [1.82, 2.24) is 14.8 Å². The molecule has 0 amide bonds. The molecule has 24 heavy (non-hydrogen) atoms. The number of benzene rings is 1. The summed E-state index contributed by atoms with van der Waals surface area (Å²) in [5.74, 6) is 1.57. The van der Waals surface area contributed by atoms with Crippen LogP contribution in [-0.4, -0.2) is 31.4 Å². The second-order valence-corrected chi connectivity index (χ2v) is 7.23. The van der Waals surface area contributed by atoms with Crippen molar-refractivity contribution in [2.24, 2.45) is 7.05 Å². The summed E-state index contributed by atoms with van der Waals surface area (Å²) in [5.41, 5.74) is 2.10. The number of aliphatic hydroxyl groups is 1. The van der Waals surface area contributed by atoms with Gasteiger partial charge in [0, 0.05) is 12.6 Å². The summed E-state index contributed by atoms with van der Waals surface area (Å²) < 4.78 is 1.71. The Labute approximate surface area is 146 Å². The lowest BCUT2D eigenvalue weighted by molar-refractivity contribution is 0.102. The molecule has 0 aliphatic heterocycles. The number of hydrogen-bond acceptors (Lipinski definition) is 5. The average Bonchev–Trinajstić information content (AvgIpc) is 3.00. The minimum Gasteiger partial charge on any atom is -0.388 e. The number of aliphatic hydroxyl groups excluding tert-OH is 1. The van der Waals surface area contributed by atoms with Gasteiger partial charge in [-0.25, -0.2) is 0 Å². The van der Waals surface area contributed by atoms with Gasteiger partial charge in [0.05, 0.1) is 5.75 Å². The van der Waals surface area contributed by atoms with Crippen LogP contribution in [0, 0.1) is 0 Å². The van der Waals surface area contributed by atoms with Gasteiger partial charge in [0.1, 0.15) is 6.61 Å². The number of hydrogen-bond donors (Lipinski definition) is 1. The molecule has 0 bridgehead atoms. The summed E-state index contributed by atoms with van der Waals surface area (Å²) in [6.07, 6.45) is 6.51. The van der Waals surface area contributed by atoms with Gasteiger partial charge in [-0.2, -0.15) is 0 Å². The third kappa shape index (κ3) is 3.87. The first-order valence-corrected chi connectivity index (χ1v) is 9.42. The van der Waals surface area contributed by atoms with E-state index in [0.717, 1.165) is 5.56 Å². The molecule has 0 saturated heterocycles. The van der Waals surface area contributed by atoms with E-state index in [1.807, 2.05) is 12.1 Å². The SMILES string of the molecule is Cn1c(CO)nnc1SCC(=O)c1ccc(C2CCCCC2)cc1. The Kier molecular flexibility index (Phi) is 5.68. The van der Waals surface area contributed by atoms with E-state index in [1.165, 1.54) is 49.4 Å². The fraction of sp³-hybridized carbons (Fsp3) is 0.500. The number of nitrogens with zero attached hydrogens (tertiary/aromatic N) is 3. The highest BCUT2D eigenvalue weighted by atomic mass is 32.2. The van der Waals surface area contributed by atoms with Gasteiger partial charge in [-0.15, -0.1) is 10.2 Å². The van der Waals surface area contributed by atoms with Crippen LogP contribution in [0.5, 0.6) is 0 Å². The fourth-order valence-electron chi connectivity index (χ4n) is 3.20. The number of aromatic nitrogens is 3. The molecular weight excluding hydrogens is 322 g/mol. The van der Waals surface area contributed by atoms with Crippen molar-refractivity contribution in [2.75, 3.05) is 5.75 Å².